The molecule has 4 heteroatoms. The SMILES string of the molecule is C#N.[Ag].[Au].[Cu]. The smallest absolute Gasteiger partial charge is 0.0462 e. The molecule has 0 heterocycles. The number of rotatable bonds is 0. The zero-order valence-electron chi connectivity index (χ0n) is 1.93. The van der Waals surface area contributed by atoms with Crippen molar-refractivity contribution in [2.75, 3.05) is 0 Å². The second-order valence-corrected chi connectivity index (χ2v) is 0. The average molecular weight is 395 g/mol. The average Bonchev–Trinajstić information content (AvgIpc) is 1.00. The van der Waals surface area contributed by atoms with Crippen molar-refractivity contribution in [1.82, 2.24) is 0 Å². The first-order valence-corrected chi connectivity index (χ1v) is 0.258. The summed E-state index contributed by atoms with van der Waals surface area (Å²) in [6, 6.07) is 0. The zero-order valence-corrected chi connectivity index (χ0v) is 6.52. The van der Waals surface area contributed by atoms with E-state index in [0.717, 1.165) is 0 Å². The van der Waals surface area contributed by atoms with Gasteiger partial charge in [0.15, 0.2) is 0 Å². The van der Waals surface area contributed by atoms with Crippen molar-refractivity contribution in [1.29, 1.82) is 5.26 Å². The molecule has 0 N–H and O–H groups in total. The monoisotopic (exact) mass is 394 g/mol. The summed E-state index contributed by atoms with van der Waals surface area (Å²) in [7, 11) is 0. The van der Waals surface area contributed by atoms with Gasteiger partial charge in [-0.25, -0.2) is 5.26 Å². The first-order chi connectivity index (χ1) is 1.00. The zero-order chi connectivity index (χ0) is 2.00. The summed E-state index contributed by atoms with van der Waals surface area (Å²) in [6.07, 6.45) is 0. The van der Waals surface area contributed by atoms with Crippen LogP contribution in [0.1, 0.15) is 0 Å². The summed E-state index contributed by atoms with van der Waals surface area (Å²) in [5.74, 6) is 0. The standard InChI is InChI=1S/CHN.Ag.Au.Cu/c1-2;;;/h1H;;;. The van der Waals surface area contributed by atoms with Crippen LogP contribution in [0.2, 0.25) is 0 Å². The molecule has 0 saturated carbocycles. The summed E-state index contributed by atoms with van der Waals surface area (Å²) >= 11 is 0. The number of hydrogen-bond acceptors (Lipinski definition) is 1. The van der Waals surface area contributed by atoms with Gasteiger partial charge in [0.1, 0.15) is 0 Å². The van der Waals surface area contributed by atoms with E-state index in [0.29, 0.717) is 0 Å². The van der Waals surface area contributed by atoms with Crippen LogP contribution in [-0.4, -0.2) is 0 Å². The fourth-order valence-electron chi connectivity index (χ4n) is 0. The van der Waals surface area contributed by atoms with Gasteiger partial charge in [0, 0.05) is 68.4 Å². The van der Waals surface area contributed by atoms with Crippen molar-refractivity contribution in [3.8, 4) is 6.57 Å². The van der Waals surface area contributed by atoms with Crippen molar-refractivity contribution in [3.05, 3.63) is 0 Å². The predicted octanol–water partition coefficient (Wildman–Crippen LogP) is 0.132. The molecule has 0 aliphatic heterocycles. The van der Waals surface area contributed by atoms with Crippen LogP contribution in [0.25, 0.3) is 0 Å². The topological polar surface area (TPSA) is 23.8 Å². The summed E-state index contributed by atoms with van der Waals surface area (Å²) in [5.41, 5.74) is 0. The predicted molar refractivity (Wildman–Crippen MR) is 6.67 cm³/mol. The van der Waals surface area contributed by atoms with Gasteiger partial charge >= 0.3 is 0 Å². The van der Waals surface area contributed by atoms with Crippen LogP contribution in [0.3, 0.4) is 0 Å². The Morgan fingerprint density at radius 3 is 1.20 bits per heavy atom. The van der Waals surface area contributed by atoms with Gasteiger partial charge in [0.2, 0.25) is 0 Å². The third-order valence-corrected chi connectivity index (χ3v) is 0. The molecule has 0 aliphatic rings. The Hall–Kier alpha value is 1.49. The molecule has 3 radical (unpaired) electrons. The first kappa shape index (κ1) is 31.5. The number of hydrogen-bond donors (Lipinski definition) is 0. The fraction of sp³-hybridized carbons (Fsp3) is 0. The van der Waals surface area contributed by atoms with Crippen LogP contribution in [0, 0.1) is 11.8 Å². The third-order valence-electron chi connectivity index (χ3n) is 0. The Bertz CT molecular complexity index is 16.4. The molecule has 0 aromatic carbocycles. The molecule has 0 aliphatic carbocycles. The Balaban J connectivity index is -0.00000000167. The van der Waals surface area contributed by atoms with E-state index in [1.54, 1.807) is 0 Å². The van der Waals surface area contributed by atoms with Crippen molar-refractivity contribution < 1.29 is 61.8 Å². The third kappa shape index (κ3) is 30.1. The molecule has 0 fully saturated rings. The maximum absolute atomic E-state index is 6.50. The summed E-state index contributed by atoms with van der Waals surface area (Å²) in [6.45, 7) is 3.50. The second kappa shape index (κ2) is 49.9. The summed E-state index contributed by atoms with van der Waals surface area (Å²) in [5, 5.41) is 6.50. The molecular weight excluding hydrogens is 394 g/mol. The summed E-state index contributed by atoms with van der Waals surface area (Å²) < 4.78 is 0. The molecule has 0 rings (SSSR count). The molecule has 0 bridgehead atoms. The maximum atomic E-state index is 6.50. The molecule has 0 atom stereocenters. The molecule has 0 saturated heterocycles. The van der Waals surface area contributed by atoms with Gasteiger partial charge in [-0.3, -0.25) is 0 Å². The quantitative estimate of drug-likeness (QED) is 0.535. The van der Waals surface area contributed by atoms with Crippen LogP contribution < -0.4 is 0 Å². The minimum absolute atomic E-state index is 0. The Morgan fingerprint density at radius 1 is 1.20 bits per heavy atom. The van der Waals surface area contributed by atoms with Crippen molar-refractivity contribution >= 4 is 0 Å². The van der Waals surface area contributed by atoms with Crippen LogP contribution in [0.4, 0.5) is 0 Å². The van der Waals surface area contributed by atoms with E-state index in [9.17, 15) is 0 Å². The van der Waals surface area contributed by atoms with Gasteiger partial charge in [-0.1, -0.05) is 0 Å². The van der Waals surface area contributed by atoms with Crippen LogP contribution in [-0.2, 0) is 61.8 Å². The second-order valence-electron chi connectivity index (χ2n) is 0. The largest absolute Gasteiger partial charge is 0.202 e. The van der Waals surface area contributed by atoms with E-state index in [1.807, 2.05) is 0 Å². The van der Waals surface area contributed by atoms with E-state index in [4.69, 9.17) is 5.26 Å². The normalized spacial score (nSPS) is 0.400. The molecule has 1 nitrogen and oxygen atoms in total. The minimum Gasteiger partial charge on any atom is -0.202 e. The van der Waals surface area contributed by atoms with E-state index < -0.39 is 0 Å². The minimum atomic E-state index is 0. The van der Waals surface area contributed by atoms with Gasteiger partial charge < -0.3 is 0 Å². The van der Waals surface area contributed by atoms with Crippen LogP contribution in [0.15, 0.2) is 0 Å². The fourth-order valence-corrected chi connectivity index (χ4v) is 0. The van der Waals surface area contributed by atoms with E-state index >= 15 is 0 Å². The van der Waals surface area contributed by atoms with Crippen molar-refractivity contribution in [3.63, 3.8) is 0 Å². The van der Waals surface area contributed by atoms with E-state index in [1.165, 1.54) is 0 Å². The van der Waals surface area contributed by atoms with Gasteiger partial charge in [-0.05, 0) is 0 Å². The van der Waals surface area contributed by atoms with Gasteiger partial charge in [-0.2, -0.15) is 0 Å². The molecule has 0 unspecified atom stereocenters. The van der Waals surface area contributed by atoms with E-state index in [-0.39, 0.29) is 61.8 Å². The molecule has 0 aromatic rings. The molecule has 5 heavy (non-hydrogen) atoms. The van der Waals surface area contributed by atoms with Crippen LogP contribution >= 0.6 is 0 Å². The van der Waals surface area contributed by atoms with Crippen molar-refractivity contribution in [2.24, 2.45) is 0 Å². The molecule has 0 spiro atoms. The molecule has 0 amide bonds. The molecular formula is CHAgAuCuN. The molecule has 43 valence electrons. The van der Waals surface area contributed by atoms with E-state index in [2.05, 4.69) is 6.57 Å². The maximum Gasteiger partial charge on any atom is 0.0462 e. The van der Waals surface area contributed by atoms with Crippen molar-refractivity contribution in [2.45, 2.75) is 0 Å². The number of nitriles is 1. The Morgan fingerprint density at radius 2 is 1.20 bits per heavy atom. The first-order valence-electron chi connectivity index (χ1n) is 0.258. The number of nitrogens with zero attached hydrogens (tertiary/aromatic N) is 1. The Kier molecular flexibility index (Phi) is 315. The van der Waals surface area contributed by atoms with Gasteiger partial charge in [0.25, 0.3) is 0 Å². The van der Waals surface area contributed by atoms with Crippen LogP contribution in [0.5, 0.6) is 0 Å². The Labute approximate surface area is 73.0 Å². The van der Waals surface area contributed by atoms with Gasteiger partial charge in [0.05, 0.1) is 0 Å². The molecule has 0 aromatic heterocycles. The van der Waals surface area contributed by atoms with Gasteiger partial charge in [-0.15, -0.1) is 0 Å². The summed E-state index contributed by atoms with van der Waals surface area (Å²) in [4.78, 5) is 0.